The quantitative estimate of drug-likeness (QED) is 0.726. The van der Waals surface area contributed by atoms with E-state index in [0.29, 0.717) is 6.04 Å². The lowest BCUT2D eigenvalue weighted by Gasteiger charge is -2.20. The smallest absolute Gasteiger partial charge is 0.0456 e. The molecular formula is C15H22ClN. The molecule has 0 saturated carbocycles. The normalized spacial score (nSPS) is 12.5. The first-order valence-corrected chi connectivity index (χ1v) is 6.56. The van der Waals surface area contributed by atoms with E-state index in [0.717, 1.165) is 24.4 Å². The average molecular weight is 252 g/mol. The lowest BCUT2D eigenvalue weighted by molar-refractivity contribution is 0.515. The van der Waals surface area contributed by atoms with Gasteiger partial charge in [-0.05, 0) is 50.4 Å². The molecule has 0 radical (unpaired) electrons. The van der Waals surface area contributed by atoms with Crippen LogP contribution in [0.1, 0.15) is 43.9 Å². The van der Waals surface area contributed by atoms with Crippen molar-refractivity contribution in [1.29, 1.82) is 0 Å². The number of halogens is 1. The van der Waals surface area contributed by atoms with Gasteiger partial charge in [-0.25, -0.2) is 0 Å². The minimum Gasteiger partial charge on any atom is -0.310 e. The van der Waals surface area contributed by atoms with Gasteiger partial charge in [-0.1, -0.05) is 36.2 Å². The fourth-order valence-corrected chi connectivity index (χ4v) is 2.29. The highest BCUT2D eigenvalue weighted by atomic mass is 35.5. The van der Waals surface area contributed by atoms with Crippen LogP contribution < -0.4 is 5.32 Å². The Bertz CT molecular complexity index is 385. The first-order chi connectivity index (χ1) is 8.04. The SMILES string of the molecule is C=C(C)CCC(NCC)c1ccc(C)cc1Cl. The maximum Gasteiger partial charge on any atom is 0.0456 e. The fourth-order valence-electron chi connectivity index (χ4n) is 1.92. The van der Waals surface area contributed by atoms with Gasteiger partial charge in [-0.2, -0.15) is 0 Å². The minimum absolute atomic E-state index is 0.324. The monoisotopic (exact) mass is 251 g/mol. The van der Waals surface area contributed by atoms with E-state index in [1.807, 2.05) is 6.07 Å². The molecule has 17 heavy (non-hydrogen) atoms. The first kappa shape index (κ1) is 14.3. The summed E-state index contributed by atoms with van der Waals surface area (Å²) in [5.41, 5.74) is 3.62. The van der Waals surface area contributed by atoms with Crippen molar-refractivity contribution in [2.45, 2.75) is 39.7 Å². The predicted octanol–water partition coefficient (Wildman–Crippen LogP) is 4.66. The topological polar surface area (TPSA) is 12.0 Å². The third kappa shape index (κ3) is 4.53. The highest BCUT2D eigenvalue weighted by molar-refractivity contribution is 6.31. The number of rotatable bonds is 6. The van der Waals surface area contributed by atoms with Crippen LogP contribution in [0.3, 0.4) is 0 Å². The van der Waals surface area contributed by atoms with E-state index in [1.165, 1.54) is 16.7 Å². The average Bonchev–Trinajstić information content (AvgIpc) is 2.24. The Morgan fingerprint density at radius 2 is 2.18 bits per heavy atom. The van der Waals surface area contributed by atoms with E-state index in [1.54, 1.807) is 0 Å². The van der Waals surface area contributed by atoms with Gasteiger partial charge in [0.05, 0.1) is 0 Å². The molecule has 94 valence electrons. The molecule has 1 N–H and O–H groups in total. The third-order valence-corrected chi connectivity index (χ3v) is 3.17. The number of allylic oxidation sites excluding steroid dienone is 1. The molecule has 1 aromatic carbocycles. The Kier molecular flexibility index (Phi) is 5.73. The zero-order valence-electron chi connectivity index (χ0n) is 11.0. The van der Waals surface area contributed by atoms with E-state index in [4.69, 9.17) is 11.6 Å². The summed E-state index contributed by atoms with van der Waals surface area (Å²) in [6, 6.07) is 6.60. The lowest BCUT2D eigenvalue weighted by atomic mass is 9.99. The highest BCUT2D eigenvalue weighted by Gasteiger charge is 2.13. The predicted molar refractivity (Wildman–Crippen MR) is 76.7 cm³/mol. The van der Waals surface area contributed by atoms with Crippen molar-refractivity contribution in [3.63, 3.8) is 0 Å². The van der Waals surface area contributed by atoms with Gasteiger partial charge in [-0.3, -0.25) is 0 Å². The molecule has 0 aliphatic carbocycles. The fraction of sp³-hybridized carbons (Fsp3) is 0.467. The van der Waals surface area contributed by atoms with E-state index in [-0.39, 0.29) is 0 Å². The van der Waals surface area contributed by atoms with Gasteiger partial charge in [0.15, 0.2) is 0 Å². The molecule has 0 heterocycles. The summed E-state index contributed by atoms with van der Waals surface area (Å²) in [5.74, 6) is 0. The number of nitrogens with one attached hydrogen (secondary N) is 1. The van der Waals surface area contributed by atoms with Crippen molar-refractivity contribution < 1.29 is 0 Å². The molecule has 0 fully saturated rings. The van der Waals surface area contributed by atoms with Crippen LogP contribution in [-0.4, -0.2) is 6.54 Å². The summed E-state index contributed by atoms with van der Waals surface area (Å²) >= 11 is 6.31. The van der Waals surface area contributed by atoms with E-state index in [2.05, 4.69) is 44.8 Å². The van der Waals surface area contributed by atoms with Crippen LogP contribution in [-0.2, 0) is 0 Å². The van der Waals surface area contributed by atoms with Gasteiger partial charge in [0.25, 0.3) is 0 Å². The van der Waals surface area contributed by atoms with Crippen molar-refractivity contribution in [3.8, 4) is 0 Å². The molecule has 0 spiro atoms. The Morgan fingerprint density at radius 3 is 2.71 bits per heavy atom. The summed E-state index contributed by atoms with van der Waals surface area (Å²) in [6.07, 6.45) is 2.08. The molecular weight excluding hydrogens is 230 g/mol. The van der Waals surface area contributed by atoms with E-state index in [9.17, 15) is 0 Å². The molecule has 0 aromatic heterocycles. The van der Waals surface area contributed by atoms with E-state index < -0.39 is 0 Å². The summed E-state index contributed by atoms with van der Waals surface area (Å²) in [5, 5.41) is 4.35. The Labute approximate surface area is 110 Å². The minimum atomic E-state index is 0.324. The summed E-state index contributed by atoms with van der Waals surface area (Å²) < 4.78 is 0. The maximum absolute atomic E-state index is 6.31. The largest absolute Gasteiger partial charge is 0.310 e. The van der Waals surface area contributed by atoms with Gasteiger partial charge in [0, 0.05) is 11.1 Å². The van der Waals surface area contributed by atoms with Crippen LogP contribution in [0.4, 0.5) is 0 Å². The van der Waals surface area contributed by atoms with Crippen molar-refractivity contribution in [2.24, 2.45) is 0 Å². The summed E-state index contributed by atoms with van der Waals surface area (Å²) in [4.78, 5) is 0. The van der Waals surface area contributed by atoms with Gasteiger partial charge in [0.2, 0.25) is 0 Å². The molecule has 0 aliphatic rings. The second-order valence-corrected chi connectivity index (χ2v) is 5.04. The number of hydrogen-bond donors (Lipinski definition) is 1. The molecule has 1 unspecified atom stereocenters. The Balaban J connectivity index is 2.84. The van der Waals surface area contributed by atoms with Gasteiger partial charge >= 0.3 is 0 Å². The van der Waals surface area contributed by atoms with Crippen LogP contribution in [0, 0.1) is 6.92 Å². The number of aryl methyl sites for hydroxylation is 1. The van der Waals surface area contributed by atoms with Gasteiger partial charge in [0.1, 0.15) is 0 Å². The lowest BCUT2D eigenvalue weighted by Crippen LogP contribution is -2.21. The maximum atomic E-state index is 6.31. The van der Waals surface area contributed by atoms with Crippen molar-refractivity contribution in [3.05, 3.63) is 46.5 Å². The Hall–Kier alpha value is -0.790. The molecule has 1 atom stereocenters. The van der Waals surface area contributed by atoms with E-state index >= 15 is 0 Å². The van der Waals surface area contributed by atoms with Crippen LogP contribution in [0.5, 0.6) is 0 Å². The summed E-state index contributed by atoms with van der Waals surface area (Å²) in [6.45, 7) is 11.2. The first-order valence-electron chi connectivity index (χ1n) is 6.18. The zero-order chi connectivity index (χ0) is 12.8. The van der Waals surface area contributed by atoms with Crippen molar-refractivity contribution in [1.82, 2.24) is 5.32 Å². The molecule has 1 aromatic rings. The van der Waals surface area contributed by atoms with Crippen LogP contribution in [0.25, 0.3) is 0 Å². The highest BCUT2D eigenvalue weighted by Crippen LogP contribution is 2.28. The molecule has 0 saturated heterocycles. The molecule has 0 amide bonds. The molecule has 1 rings (SSSR count). The van der Waals surface area contributed by atoms with Gasteiger partial charge < -0.3 is 5.32 Å². The second kappa shape index (κ2) is 6.83. The molecule has 0 aliphatic heterocycles. The van der Waals surface area contributed by atoms with Crippen LogP contribution >= 0.6 is 11.6 Å². The molecule has 0 bridgehead atoms. The third-order valence-electron chi connectivity index (χ3n) is 2.84. The standard InChI is InChI=1S/C15H22ClN/c1-5-17-15(9-6-11(2)3)13-8-7-12(4)10-14(13)16/h7-8,10,15,17H,2,5-6,9H2,1,3-4H3. The van der Waals surface area contributed by atoms with Crippen molar-refractivity contribution >= 4 is 11.6 Å². The molecule has 2 heteroatoms. The number of hydrogen-bond acceptors (Lipinski definition) is 1. The van der Waals surface area contributed by atoms with Crippen molar-refractivity contribution in [2.75, 3.05) is 6.54 Å². The summed E-state index contributed by atoms with van der Waals surface area (Å²) in [7, 11) is 0. The second-order valence-electron chi connectivity index (χ2n) is 4.63. The Morgan fingerprint density at radius 1 is 1.47 bits per heavy atom. The zero-order valence-corrected chi connectivity index (χ0v) is 11.8. The number of benzene rings is 1. The van der Waals surface area contributed by atoms with Crippen LogP contribution in [0.2, 0.25) is 5.02 Å². The van der Waals surface area contributed by atoms with Crippen LogP contribution in [0.15, 0.2) is 30.4 Å². The molecule has 1 nitrogen and oxygen atoms in total. The van der Waals surface area contributed by atoms with Gasteiger partial charge in [-0.15, -0.1) is 6.58 Å².